The van der Waals surface area contributed by atoms with Gasteiger partial charge in [0.2, 0.25) is 15.9 Å². The molecule has 6 nitrogen and oxygen atoms in total. The predicted molar refractivity (Wildman–Crippen MR) is 108 cm³/mol. The second kappa shape index (κ2) is 8.08. The minimum atomic E-state index is -3.86. The highest BCUT2D eigenvalue weighted by molar-refractivity contribution is 7.89. The lowest BCUT2D eigenvalue weighted by Gasteiger charge is -2.31. The minimum absolute atomic E-state index is 0.00106. The lowest BCUT2D eigenvalue weighted by Crippen LogP contribution is -2.43. The Hall–Kier alpha value is -2.91. The lowest BCUT2D eigenvalue weighted by molar-refractivity contribution is -0.120. The van der Waals surface area contributed by atoms with Crippen LogP contribution in [-0.4, -0.2) is 36.7 Å². The molecule has 9 heteroatoms. The molecule has 1 saturated heterocycles. The van der Waals surface area contributed by atoms with Gasteiger partial charge >= 0.3 is 0 Å². The lowest BCUT2D eigenvalue weighted by atomic mass is 9.98. The number of hydrogen-bond donors (Lipinski definition) is 1. The van der Waals surface area contributed by atoms with Gasteiger partial charge in [-0.3, -0.25) is 9.78 Å². The van der Waals surface area contributed by atoms with Gasteiger partial charge in [-0.15, -0.1) is 0 Å². The van der Waals surface area contributed by atoms with Crippen LogP contribution in [0.5, 0.6) is 0 Å². The number of amides is 1. The first-order chi connectivity index (χ1) is 14.4. The molecule has 156 valence electrons. The molecule has 1 amide bonds. The Morgan fingerprint density at radius 1 is 1.10 bits per heavy atom. The summed E-state index contributed by atoms with van der Waals surface area (Å²) in [6.45, 7) is 0.293. The van der Waals surface area contributed by atoms with E-state index in [4.69, 9.17) is 0 Å². The van der Waals surface area contributed by atoms with Crippen molar-refractivity contribution >= 4 is 32.5 Å². The maximum absolute atomic E-state index is 13.4. The summed E-state index contributed by atoms with van der Waals surface area (Å²) in [7, 11) is -3.86. The number of benzene rings is 2. The van der Waals surface area contributed by atoms with Crippen LogP contribution in [0.4, 0.5) is 14.5 Å². The molecule has 1 atom stereocenters. The molecule has 0 aliphatic carbocycles. The van der Waals surface area contributed by atoms with Crippen LogP contribution in [0.2, 0.25) is 0 Å². The zero-order valence-electron chi connectivity index (χ0n) is 15.9. The number of anilines is 1. The van der Waals surface area contributed by atoms with Gasteiger partial charge in [0.05, 0.1) is 11.4 Å². The first kappa shape index (κ1) is 20.4. The Kier molecular flexibility index (Phi) is 5.48. The highest BCUT2D eigenvalue weighted by Crippen LogP contribution is 2.28. The molecule has 1 aromatic heterocycles. The highest BCUT2D eigenvalue weighted by Gasteiger charge is 2.34. The van der Waals surface area contributed by atoms with Crippen LogP contribution in [0.3, 0.4) is 0 Å². The van der Waals surface area contributed by atoms with Gasteiger partial charge in [-0.1, -0.05) is 18.2 Å². The van der Waals surface area contributed by atoms with Crippen LogP contribution in [0.1, 0.15) is 12.8 Å². The number of hydrogen-bond acceptors (Lipinski definition) is 4. The van der Waals surface area contributed by atoms with E-state index in [-0.39, 0.29) is 17.1 Å². The Bertz CT molecular complexity index is 1210. The largest absolute Gasteiger partial charge is 0.326 e. The van der Waals surface area contributed by atoms with Crippen LogP contribution >= 0.6 is 0 Å². The van der Waals surface area contributed by atoms with Crippen LogP contribution in [-0.2, 0) is 14.8 Å². The van der Waals surface area contributed by atoms with Crippen LogP contribution in [0, 0.1) is 17.6 Å². The second-order valence-corrected chi connectivity index (χ2v) is 9.06. The molecule has 0 unspecified atom stereocenters. The fourth-order valence-corrected chi connectivity index (χ4v) is 5.31. The number of rotatable bonds is 4. The van der Waals surface area contributed by atoms with Gasteiger partial charge in [0.1, 0.15) is 4.90 Å². The Morgan fingerprint density at radius 3 is 2.70 bits per heavy atom. The van der Waals surface area contributed by atoms with E-state index in [1.807, 2.05) is 0 Å². The summed E-state index contributed by atoms with van der Waals surface area (Å²) in [6, 6.07) is 11.6. The van der Waals surface area contributed by atoms with E-state index in [0.717, 1.165) is 12.1 Å². The van der Waals surface area contributed by atoms with Gasteiger partial charge in [-0.05, 0) is 37.1 Å². The number of pyridine rings is 1. The number of para-hydroxylation sites is 1. The number of nitrogens with zero attached hydrogens (tertiary/aromatic N) is 2. The normalized spacial score (nSPS) is 17.7. The summed E-state index contributed by atoms with van der Waals surface area (Å²) >= 11 is 0. The van der Waals surface area contributed by atoms with Crippen molar-refractivity contribution in [1.82, 2.24) is 9.29 Å². The maximum atomic E-state index is 13.4. The fourth-order valence-electron chi connectivity index (χ4n) is 3.62. The molecule has 0 bridgehead atoms. The standard InChI is InChI=1S/C21H19F2N3O3S/c22-17-9-8-16(12-18(17)23)25-21(27)15-6-3-11-26(13-15)30(28,29)19-7-1-4-14-5-2-10-24-20(14)19/h1-2,4-5,7-10,12,15H,3,6,11,13H2,(H,25,27)/t15-/m0/s1. The van der Waals surface area contributed by atoms with E-state index in [2.05, 4.69) is 10.3 Å². The minimum Gasteiger partial charge on any atom is -0.326 e. The van der Waals surface area contributed by atoms with E-state index >= 15 is 0 Å². The molecule has 2 heterocycles. The molecule has 0 spiro atoms. The first-order valence-electron chi connectivity index (χ1n) is 9.46. The van der Waals surface area contributed by atoms with Gasteiger partial charge < -0.3 is 5.32 Å². The predicted octanol–water partition coefficient (Wildman–Crippen LogP) is 3.55. The summed E-state index contributed by atoms with van der Waals surface area (Å²) in [5.74, 6) is -3.11. The Morgan fingerprint density at radius 2 is 1.90 bits per heavy atom. The van der Waals surface area contributed by atoms with E-state index in [1.165, 1.54) is 22.6 Å². The highest BCUT2D eigenvalue weighted by atomic mass is 32.2. The van der Waals surface area contributed by atoms with Crippen LogP contribution in [0.15, 0.2) is 59.6 Å². The zero-order valence-corrected chi connectivity index (χ0v) is 16.7. The molecule has 0 radical (unpaired) electrons. The summed E-state index contributed by atoms with van der Waals surface area (Å²) in [4.78, 5) is 16.9. The summed E-state index contributed by atoms with van der Waals surface area (Å²) < 4.78 is 54.3. The quantitative estimate of drug-likeness (QED) is 0.685. The van der Waals surface area contributed by atoms with Crippen molar-refractivity contribution in [2.24, 2.45) is 5.92 Å². The van der Waals surface area contributed by atoms with E-state index in [1.54, 1.807) is 24.3 Å². The van der Waals surface area contributed by atoms with Crippen LogP contribution in [0.25, 0.3) is 10.9 Å². The first-order valence-corrected chi connectivity index (χ1v) is 10.9. The van der Waals surface area contributed by atoms with Gasteiger partial charge in [-0.2, -0.15) is 4.31 Å². The van der Waals surface area contributed by atoms with Crippen molar-refractivity contribution in [2.75, 3.05) is 18.4 Å². The third kappa shape index (κ3) is 3.90. The summed E-state index contributed by atoms with van der Waals surface area (Å²) in [6.07, 6.45) is 2.54. The third-order valence-electron chi connectivity index (χ3n) is 5.16. The fraction of sp³-hybridized carbons (Fsp3) is 0.238. The van der Waals surface area contributed by atoms with E-state index < -0.39 is 33.5 Å². The molecular formula is C21H19F2N3O3S. The summed E-state index contributed by atoms with van der Waals surface area (Å²) in [5.41, 5.74) is 0.505. The van der Waals surface area contributed by atoms with Crippen molar-refractivity contribution in [3.05, 3.63) is 66.4 Å². The van der Waals surface area contributed by atoms with Crippen molar-refractivity contribution in [1.29, 1.82) is 0 Å². The van der Waals surface area contributed by atoms with Crippen molar-refractivity contribution in [2.45, 2.75) is 17.7 Å². The number of halogens is 2. The number of sulfonamides is 1. The number of fused-ring (bicyclic) bond motifs is 1. The van der Waals surface area contributed by atoms with Gasteiger partial charge in [0.15, 0.2) is 11.6 Å². The molecule has 1 fully saturated rings. The molecule has 1 aliphatic heterocycles. The molecule has 1 N–H and O–H groups in total. The smallest absolute Gasteiger partial charge is 0.245 e. The molecule has 30 heavy (non-hydrogen) atoms. The molecule has 4 rings (SSSR count). The van der Waals surface area contributed by atoms with Crippen molar-refractivity contribution < 1.29 is 22.0 Å². The molecule has 1 aliphatic rings. The van der Waals surface area contributed by atoms with Crippen molar-refractivity contribution in [3.63, 3.8) is 0 Å². The molecule has 0 saturated carbocycles. The average molecular weight is 431 g/mol. The number of aromatic nitrogens is 1. The number of piperidine rings is 1. The monoisotopic (exact) mass is 431 g/mol. The number of nitrogens with one attached hydrogen (secondary N) is 1. The van der Waals surface area contributed by atoms with Gasteiger partial charge in [-0.25, -0.2) is 17.2 Å². The Balaban J connectivity index is 1.55. The number of carbonyl (C=O) groups excluding carboxylic acids is 1. The average Bonchev–Trinajstić information content (AvgIpc) is 2.76. The molecule has 3 aromatic rings. The summed E-state index contributed by atoms with van der Waals surface area (Å²) in [5, 5.41) is 3.25. The van der Waals surface area contributed by atoms with E-state index in [9.17, 15) is 22.0 Å². The SMILES string of the molecule is O=C(Nc1ccc(F)c(F)c1)[C@H]1CCCN(S(=O)(=O)c2cccc3cccnc23)C1. The molecular weight excluding hydrogens is 412 g/mol. The van der Waals surface area contributed by atoms with Gasteiger partial charge in [0, 0.05) is 36.4 Å². The zero-order chi connectivity index (χ0) is 21.3. The Labute approximate surface area is 172 Å². The topological polar surface area (TPSA) is 79.4 Å². The second-order valence-electron chi connectivity index (χ2n) is 7.15. The maximum Gasteiger partial charge on any atom is 0.245 e. The number of carbonyl (C=O) groups is 1. The van der Waals surface area contributed by atoms with Crippen molar-refractivity contribution in [3.8, 4) is 0 Å². The van der Waals surface area contributed by atoms with E-state index in [0.29, 0.717) is 30.3 Å². The molecule has 2 aromatic carbocycles. The third-order valence-corrected chi connectivity index (χ3v) is 7.05. The van der Waals surface area contributed by atoms with Crippen LogP contribution < -0.4 is 5.32 Å². The van der Waals surface area contributed by atoms with Gasteiger partial charge in [0.25, 0.3) is 0 Å².